The van der Waals surface area contributed by atoms with Gasteiger partial charge in [0, 0.05) is 37.6 Å². The number of aromatic amines is 1. The number of phenols is 2. The molecule has 1 heterocycles. The van der Waals surface area contributed by atoms with E-state index in [2.05, 4.69) is 25.9 Å². The number of phenolic OH excluding ortho intramolecular Hbond substituents is 2. The van der Waals surface area contributed by atoms with Gasteiger partial charge in [0.2, 0.25) is 17.7 Å². The lowest BCUT2D eigenvalue weighted by atomic mass is 10.0. The second-order valence-corrected chi connectivity index (χ2v) is 10.1. The number of nitrogens with two attached hydrogens (primary N) is 1. The lowest BCUT2D eigenvalue weighted by Crippen LogP contribution is -2.58. The van der Waals surface area contributed by atoms with Gasteiger partial charge in [-0.3, -0.25) is 19.2 Å². The van der Waals surface area contributed by atoms with Crippen molar-refractivity contribution >= 4 is 29.7 Å². The Kier molecular flexibility index (Phi) is 11.8. The Balaban J connectivity index is 1.84. The average molecular weight is 611 g/mol. The molecule has 0 radical (unpaired) electrons. The fraction of sp³-hybridized carbons (Fsp3) is 0.310. The second kappa shape index (κ2) is 15.7. The lowest BCUT2D eigenvalue weighted by Gasteiger charge is -2.25. The molecule has 2 aromatic carbocycles. The molecule has 44 heavy (non-hydrogen) atoms. The molecule has 0 aliphatic heterocycles. The summed E-state index contributed by atoms with van der Waals surface area (Å²) in [5.74, 6) is -5.14. The zero-order valence-electron chi connectivity index (χ0n) is 23.5. The summed E-state index contributed by atoms with van der Waals surface area (Å²) in [5, 5.41) is 45.2. The van der Waals surface area contributed by atoms with Gasteiger partial charge >= 0.3 is 11.9 Å². The van der Waals surface area contributed by atoms with Gasteiger partial charge in [0.05, 0.1) is 12.4 Å². The van der Waals surface area contributed by atoms with Crippen LogP contribution in [-0.4, -0.2) is 84.2 Å². The van der Waals surface area contributed by atoms with E-state index in [9.17, 15) is 39.3 Å². The summed E-state index contributed by atoms with van der Waals surface area (Å²) >= 11 is 0. The molecule has 0 fully saturated rings. The number of aromatic hydroxyl groups is 2. The first kappa shape index (κ1) is 33.1. The van der Waals surface area contributed by atoms with Crippen molar-refractivity contribution in [1.29, 1.82) is 0 Å². The van der Waals surface area contributed by atoms with Crippen LogP contribution in [0.3, 0.4) is 0 Å². The molecule has 15 heteroatoms. The zero-order chi connectivity index (χ0) is 32.2. The van der Waals surface area contributed by atoms with E-state index < -0.39 is 66.7 Å². The maximum absolute atomic E-state index is 13.6. The summed E-state index contributed by atoms with van der Waals surface area (Å²) in [4.78, 5) is 69.4. The standard InChI is InChI=1S/C29H34N6O9/c30-21(13-18-14-31-15-32-18)26(40)34-23(11-16-1-5-19(36)6-2-16)28(42)35-24(12-17-3-7-20(37)8-4-17)27(41)33-22(29(43)44)9-10-25(38)39/h1-8,14-15,21-24,36-37H,9-13,30H2,(H,31,32)(H,33,41)(H,34,40)(H,35,42)(H,38,39)(H,43,44). The van der Waals surface area contributed by atoms with Gasteiger partial charge < -0.3 is 47.1 Å². The van der Waals surface area contributed by atoms with Gasteiger partial charge in [-0.15, -0.1) is 0 Å². The van der Waals surface area contributed by atoms with Gasteiger partial charge in [-0.05, 0) is 41.8 Å². The summed E-state index contributed by atoms with van der Waals surface area (Å²) < 4.78 is 0. The van der Waals surface area contributed by atoms with Crippen molar-refractivity contribution in [2.45, 2.75) is 56.3 Å². The van der Waals surface area contributed by atoms with Crippen LogP contribution in [0.25, 0.3) is 0 Å². The summed E-state index contributed by atoms with van der Waals surface area (Å²) in [5.41, 5.74) is 7.71. The molecule has 234 valence electrons. The minimum absolute atomic E-state index is 0.0121. The van der Waals surface area contributed by atoms with Crippen LogP contribution in [0.1, 0.15) is 29.7 Å². The number of benzene rings is 2. The Bertz CT molecular complexity index is 1430. The van der Waals surface area contributed by atoms with E-state index in [4.69, 9.17) is 10.8 Å². The lowest BCUT2D eigenvalue weighted by molar-refractivity contribution is -0.143. The molecule has 4 unspecified atom stereocenters. The van der Waals surface area contributed by atoms with Crippen molar-refractivity contribution < 1.29 is 44.4 Å². The molecule has 0 bridgehead atoms. The van der Waals surface area contributed by atoms with E-state index in [0.29, 0.717) is 16.8 Å². The number of hydrogen-bond donors (Lipinski definition) is 9. The van der Waals surface area contributed by atoms with Crippen molar-refractivity contribution in [1.82, 2.24) is 25.9 Å². The van der Waals surface area contributed by atoms with Gasteiger partial charge in [0.15, 0.2) is 0 Å². The number of imidazole rings is 1. The summed E-state index contributed by atoms with van der Waals surface area (Å²) in [6.07, 6.45) is 1.91. The normalized spacial score (nSPS) is 13.6. The Morgan fingerprint density at radius 1 is 0.727 bits per heavy atom. The Morgan fingerprint density at radius 3 is 1.64 bits per heavy atom. The van der Waals surface area contributed by atoms with E-state index in [-0.39, 0.29) is 30.8 Å². The first-order chi connectivity index (χ1) is 20.9. The molecule has 0 saturated carbocycles. The predicted octanol–water partition coefficient (Wildman–Crippen LogP) is -0.420. The van der Waals surface area contributed by atoms with Gasteiger partial charge in [-0.2, -0.15) is 0 Å². The molecule has 3 aromatic rings. The Labute approximate surface area is 251 Å². The minimum atomic E-state index is -1.55. The smallest absolute Gasteiger partial charge is 0.326 e. The molecule has 15 nitrogen and oxygen atoms in total. The number of aromatic nitrogens is 2. The molecule has 0 saturated heterocycles. The largest absolute Gasteiger partial charge is 0.508 e. The van der Waals surface area contributed by atoms with E-state index >= 15 is 0 Å². The molecular formula is C29H34N6O9. The molecular weight excluding hydrogens is 576 g/mol. The fourth-order valence-electron chi connectivity index (χ4n) is 4.23. The van der Waals surface area contributed by atoms with Gasteiger partial charge in [-0.1, -0.05) is 24.3 Å². The summed E-state index contributed by atoms with van der Waals surface area (Å²) in [6.45, 7) is 0. The highest BCUT2D eigenvalue weighted by atomic mass is 16.4. The van der Waals surface area contributed by atoms with Crippen LogP contribution in [0, 0.1) is 0 Å². The number of carboxylic acid groups (broad SMARTS) is 2. The number of carbonyl (C=O) groups excluding carboxylic acids is 3. The van der Waals surface area contributed by atoms with Gasteiger partial charge in [0.1, 0.15) is 29.6 Å². The van der Waals surface area contributed by atoms with Crippen molar-refractivity contribution in [3.05, 3.63) is 77.9 Å². The van der Waals surface area contributed by atoms with Gasteiger partial charge in [0.25, 0.3) is 0 Å². The number of rotatable bonds is 16. The molecule has 4 atom stereocenters. The Hall–Kier alpha value is -5.44. The molecule has 3 rings (SSSR count). The molecule has 3 amide bonds. The third-order valence-corrected chi connectivity index (χ3v) is 6.61. The van der Waals surface area contributed by atoms with E-state index in [1.165, 1.54) is 48.9 Å². The maximum Gasteiger partial charge on any atom is 0.326 e. The summed E-state index contributed by atoms with van der Waals surface area (Å²) in [7, 11) is 0. The monoisotopic (exact) mass is 610 g/mol. The predicted molar refractivity (Wildman–Crippen MR) is 154 cm³/mol. The number of carbonyl (C=O) groups is 5. The number of nitrogens with one attached hydrogen (secondary N) is 4. The van der Waals surface area contributed by atoms with Crippen molar-refractivity contribution in [3.63, 3.8) is 0 Å². The van der Waals surface area contributed by atoms with Crippen LogP contribution in [0.5, 0.6) is 11.5 Å². The van der Waals surface area contributed by atoms with Gasteiger partial charge in [-0.25, -0.2) is 9.78 Å². The molecule has 0 spiro atoms. The molecule has 0 aliphatic carbocycles. The third kappa shape index (κ3) is 10.4. The molecule has 0 aliphatic rings. The highest BCUT2D eigenvalue weighted by Crippen LogP contribution is 2.14. The highest BCUT2D eigenvalue weighted by Gasteiger charge is 2.31. The summed E-state index contributed by atoms with van der Waals surface area (Å²) in [6, 6.07) is 6.42. The zero-order valence-corrected chi connectivity index (χ0v) is 23.5. The average Bonchev–Trinajstić information content (AvgIpc) is 3.49. The molecule has 1 aromatic heterocycles. The maximum atomic E-state index is 13.6. The van der Waals surface area contributed by atoms with Crippen LogP contribution >= 0.6 is 0 Å². The second-order valence-electron chi connectivity index (χ2n) is 10.1. The van der Waals surface area contributed by atoms with Crippen LogP contribution in [0.4, 0.5) is 0 Å². The van der Waals surface area contributed by atoms with Crippen LogP contribution < -0.4 is 21.7 Å². The fourth-order valence-corrected chi connectivity index (χ4v) is 4.23. The number of carboxylic acids is 2. The van der Waals surface area contributed by atoms with Crippen LogP contribution in [-0.2, 0) is 43.2 Å². The van der Waals surface area contributed by atoms with Crippen molar-refractivity contribution in [2.75, 3.05) is 0 Å². The molecule has 10 N–H and O–H groups in total. The third-order valence-electron chi connectivity index (χ3n) is 6.61. The topological polar surface area (TPSA) is 257 Å². The van der Waals surface area contributed by atoms with Crippen molar-refractivity contribution in [3.8, 4) is 11.5 Å². The number of H-pyrrole nitrogens is 1. The van der Waals surface area contributed by atoms with E-state index in [1.54, 1.807) is 12.1 Å². The highest BCUT2D eigenvalue weighted by molar-refractivity contribution is 5.94. The number of aliphatic carboxylic acids is 2. The Morgan fingerprint density at radius 2 is 1.20 bits per heavy atom. The number of hydrogen-bond acceptors (Lipinski definition) is 9. The van der Waals surface area contributed by atoms with E-state index in [0.717, 1.165) is 0 Å². The van der Waals surface area contributed by atoms with Crippen LogP contribution in [0.2, 0.25) is 0 Å². The first-order valence-corrected chi connectivity index (χ1v) is 13.6. The first-order valence-electron chi connectivity index (χ1n) is 13.6. The van der Waals surface area contributed by atoms with Crippen molar-refractivity contribution in [2.24, 2.45) is 5.73 Å². The van der Waals surface area contributed by atoms with Crippen LogP contribution in [0.15, 0.2) is 61.1 Å². The minimum Gasteiger partial charge on any atom is -0.508 e. The van der Waals surface area contributed by atoms with E-state index in [1.807, 2.05) is 0 Å². The number of amides is 3. The number of nitrogens with zero attached hydrogens (tertiary/aromatic N) is 1. The quantitative estimate of drug-likeness (QED) is 0.101. The SMILES string of the molecule is NC(Cc1cnc[nH]1)C(=O)NC(Cc1ccc(O)cc1)C(=O)NC(Cc1ccc(O)cc1)C(=O)NC(CCC(=O)O)C(=O)O.